The van der Waals surface area contributed by atoms with Crippen LogP contribution in [0.15, 0.2) is 12.1 Å². The highest BCUT2D eigenvalue weighted by Crippen LogP contribution is 2.53. The summed E-state index contributed by atoms with van der Waals surface area (Å²) in [6.45, 7) is 6.85. The van der Waals surface area contributed by atoms with E-state index in [0.29, 0.717) is 6.61 Å². The number of carbonyl (C=O) groups is 1. The largest absolute Gasteiger partial charge is 0.464 e. The first-order valence-corrected chi connectivity index (χ1v) is 9.78. The van der Waals surface area contributed by atoms with Crippen LogP contribution < -0.4 is 0 Å². The molecule has 1 saturated heterocycles. The van der Waals surface area contributed by atoms with E-state index in [9.17, 15) is 4.79 Å². The van der Waals surface area contributed by atoms with Crippen molar-refractivity contribution in [2.75, 3.05) is 39.5 Å². The van der Waals surface area contributed by atoms with Crippen LogP contribution in [-0.2, 0) is 19.7 Å². The van der Waals surface area contributed by atoms with Gasteiger partial charge in [0.1, 0.15) is 12.0 Å². The zero-order valence-corrected chi connectivity index (χ0v) is 14.9. The van der Waals surface area contributed by atoms with Crippen molar-refractivity contribution in [3.8, 4) is 0 Å². The molecule has 0 radical (unpaired) electrons. The van der Waals surface area contributed by atoms with E-state index in [1.807, 2.05) is 0 Å². The Kier molecular flexibility index (Phi) is 4.17. The van der Waals surface area contributed by atoms with Crippen molar-refractivity contribution < 1.29 is 14.3 Å². The highest BCUT2D eigenvalue weighted by Gasteiger charge is 2.54. The van der Waals surface area contributed by atoms with Gasteiger partial charge < -0.3 is 9.47 Å². The van der Waals surface area contributed by atoms with Crippen LogP contribution >= 0.6 is 22.7 Å². The maximum atomic E-state index is 12.6. The highest BCUT2D eigenvalue weighted by molar-refractivity contribution is 7.27. The molecule has 0 atom stereocenters. The Morgan fingerprint density at radius 2 is 2.00 bits per heavy atom. The number of esters is 1. The van der Waals surface area contributed by atoms with Crippen LogP contribution in [0.5, 0.6) is 0 Å². The molecule has 0 N–H and O–H groups in total. The summed E-state index contributed by atoms with van der Waals surface area (Å²) in [6, 6.07) is 4.42. The molecule has 4 nitrogen and oxygen atoms in total. The van der Waals surface area contributed by atoms with Gasteiger partial charge >= 0.3 is 5.97 Å². The molecule has 0 aromatic carbocycles. The third-order valence-electron chi connectivity index (χ3n) is 4.69. The highest BCUT2D eigenvalue weighted by atomic mass is 32.1. The van der Waals surface area contributed by atoms with Crippen molar-refractivity contribution in [3.05, 3.63) is 21.9 Å². The van der Waals surface area contributed by atoms with Crippen LogP contribution in [0.25, 0.3) is 9.40 Å². The molecule has 3 heterocycles. The van der Waals surface area contributed by atoms with Crippen molar-refractivity contribution >= 4 is 38.0 Å². The summed E-state index contributed by atoms with van der Waals surface area (Å²) in [6.07, 6.45) is 1.85. The fourth-order valence-corrected chi connectivity index (χ4v) is 5.65. The van der Waals surface area contributed by atoms with E-state index in [1.54, 1.807) is 22.7 Å². The molecular formula is C17H21NO3S2. The predicted molar refractivity (Wildman–Crippen MR) is 93.6 cm³/mol. The zero-order valence-electron chi connectivity index (χ0n) is 13.3. The summed E-state index contributed by atoms with van der Waals surface area (Å²) >= 11 is 3.57. The lowest BCUT2D eigenvalue weighted by atomic mass is 10.1. The number of fused-ring (bicyclic) bond motifs is 1. The third kappa shape index (κ3) is 3.05. The quantitative estimate of drug-likeness (QED) is 0.776. The second kappa shape index (κ2) is 6.16. The SMILES string of the molecule is Cc1cc2sc(C3(C(=O)OCCN4CCOCC4)CC3)cc2s1. The normalized spacial score (nSPS) is 20.7. The number of ether oxygens (including phenoxy) is 2. The number of thiophene rings is 2. The van der Waals surface area contributed by atoms with Crippen LogP contribution in [0.3, 0.4) is 0 Å². The van der Waals surface area contributed by atoms with Crippen LogP contribution in [0, 0.1) is 6.92 Å². The van der Waals surface area contributed by atoms with Crippen molar-refractivity contribution in [1.82, 2.24) is 4.90 Å². The first-order chi connectivity index (χ1) is 11.2. The minimum Gasteiger partial charge on any atom is -0.464 e. The van der Waals surface area contributed by atoms with Crippen molar-refractivity contribution in [1.29, 1.82) is 0 Å². The molecule has 2 aliphatic rings. The summed E-state index contributed by atoms with van der Waals surface area (Å²) in [5.74, 6) is -0.0311. The van der Waals surface area contributed by atoms with Gasteiger partial charge in [0, 0.05) is 38.8 Å². The standard InChI is InChI=1S/C17H21NO3S2/c1-12-10-13-14(22-12)11-15(23-13)17(2-3-17)16(19)21-9-6-18-4-7-20-8-5-18/h10-11H,2-9H2,1H3. The lowest BCUT2D eigenvalue weighted by molar-refractivity contribution is -0.147. The van der Waals surface area contributed by atoms with E-state index in [1.165, 1.54) is 19.2 Å². The number of aryl methyl sites for hydroxylation is 1. The van der Waals surface area contributed by atoms with E-state index in [0.717, 1.165) is 45.7 Å². The Labute approximate surface area is 144 Å². The summed E-state index contributed by atoms with van der Waals surface area (Å²) < 4.78 is 13.5. The molecule has 2 fully saturated rings. The molecule has 0 bridgehead atoms. The molecule has 1 aliphatic heterocycles. The second-order valence-electron chi connectivity index (χ2n) is 6.37. The van der Waals surface area contributed by atoms with Crippen molar-refractivity contribution in [3.63, 3.8) is 0 Å². The van der Waals surface area contributed by atoms with Gasteiger partial charge in [0.15, 0.2) is 0 Å². The molecule has 1 aliphatic carbocycles. The molecular weight excluding hydrogens is 330 g/mol. The minimum atomic E-state index is -0.345. The average molecular weight is 351 g/mol. The Morgan fingerprint density at radius 1 is 1.26 bits per heavy atom. The van der Waals surface area contributed by atoms with E-state index < -0.39 is 0 Å². The Morgan fingerprint density at radius 3 is 2.70 bits per heavy atom. The molecule has 4 rings (SSSR count). The first kappa shape index (κ1) is 15.6. The molecule has 2 aromatic heterocycles. The number of nitrogens with zero attached hydrogens (tertiary/aromatic N) is 1. The molecule has 1 saturated carbocycles. The maximum absolute atomic E-state index is 12.6. The first-order valence-electron chi connectivity index (χ1n) is 8.15. The third-order valence-corrected chi connectivity index (χ3v) is 7.10. The molecule has 6 heteroatoms. The van der Waals surface area contributed by atoms with Gasteiger partial charge in [-0.25, -0.2) is 0 Å². The van der Waals surface area contributed by atoms with Gasteiger partial charge in [-0.05, 0) is 31.9 Å². The lowest BCUT2D eigenvalue weighted by Gasteiger charge is -2.26. The summed E-state index contributed by atoms with van der Waals surface area (Å²) in [7, 11) is 0. The van der Waals surface area contributed by atoms with Gasteiger partial charge in [0.25, 0.3) is 0 Å². The fourth-order valence-electron chi connectivity index (χ4n) is 3.10. The smallest absolute Gasteiger partial charge is 0.317 e. The minimum absolute atomic E-state index is 0.0311. The van der Waals surface area contributed by atoms with Gasteiger partial charge in [-0.2, -0.15) is 0 Å². The van der Waals surface area contributed by atoms with Gasteiger partial charge in [-0.15, -0.1) is 22.7 Å². The van der Waals surface area contributed by atoms with E-state index in [4.69, 9.17) is 9.47 Å². The Balaban J connectivity index is 1.37. The number of hydrogen-bond acceptors (Lipinski definition) is 6. The topological polar surface area (TPSA) is 38.8 Å². The van der Waals surface area contributed by atoms with Crippen molar-refractivity contribution in [2.24, 2.45) is 0 Å². The lowest BCUT2D eigenvalue weighted by Crippen LogP contribution is -2.39. The van der Waals surface area contributed by atoms with Crippen LogP contribution in [0.2, 0.25) is 0 Å². The average Bonchev–Trinajstić information content (AvgIpc) is 3.16. The van der Waals surface area contributed by atoms with Crippen LogP contribution in [0.4, 0.5) is 0 Å². The van der Waals surface area contributed by atoms with Gasteiger partial charge in [0.05, 0.1) is 13.2 Å². The van der Waals surface area contributed by atoms with E-state index in [2.05, 4.69) is 24.0 Å². The number of rotatable bonds is 5. The summed E-state index contributed by atoms with van der Waals surface area (Å²) in [5.41, 5.74) is -0.345. The molecule has 0 amide bonds. The second-order valence-corrected chi connectivity index (χ2v) is 8.74. The predicted octanol–water partition coefficient (Wildman–Crippen LogP) is 3.18. The van der Waals surface area contributed by atoms with E-state index >= 15 is 0 Å². The number of morpholine rings is 1. The Hall–Kier alpha value is -0.950. The van der Waals surface area contributed by atoms with Gasteiger partial charge in [0.2, 0.25) is 0 Å². The molecule has 2 aromatic rings. The number of carbonyl (C=O) groups excluding carboxylic acids is 1. The molecule has 23 heavy (non-hydrogen) atoms. The zero-order chi connectivity index (χ0) is 15.9. The fraction of sp³-hybridized carbons (Fsp3) is 0.588. The number of hydrogen-bond donors (Lipinski definition) is 0. The molecule has 0 unspecified atom stereocenters. The monoisotopic (exact) mass is 351 g/mol. The van der Waals surface area contributed by atoms with Gasteiger partial charge in [-0.3, -0.25) is 9.69 Å². The summed E-state index contributed by atoms with van der Waals surface area (Å²) in [4.78, 5) is 17.4. The van der Waals surface area contributed by atoms with Crippen LogP contribution in [-0.4, -0.2) is 50.3 Å². The Bertz CT molecular complexity index is 679. The summed E-state index contributed by atoms with van der Waals surface area (Å²) in [5, 5.41) is 0. The van der Waals surface area contributed by atoms with Crippen LogP contribution in [0.1, 0.15) is 22.6 Å². The molecule has 0 spiro atoms. The molecule has 124 valence electrons. The van der Waals surface area contributed by atoms with Crippen molar-refractivity contribution in [2.45, 2.75) is 25.2 Å². The van der Waals surface area contributed by atoms with E-state index in [-0.39, 0.29) is 11.4 Å². The maximum Gasteiger partial charge on any atom is 0.317 e. The van der Waals surface area contributed by atoms with Gasteiger partial charge in [-0.1, -0.05) is 0 Å².